The van der Waals surface area contributed by atoms with Crippen LogP contribution in [-0.2, 0) is 0 Å². The molecule has 1 amide bonds. The third-order valence-electron chi connectivity index (χ3n) is 5.52. The quantitative estimate of drug-likeness (QED) is 0.726. The van der Waals surface area contributed by atoms with E-state index in [1.807, 2.05) is 72.7 Å². The molecule has 6 heteroatoms. The lowest BCUT2D eigenvalue weighted by Crippen LogP contribution is -2.44. The van der Waals surface area contributed by atoms with Gasteiger partial charge in [-0.15, -0.1) is 0 Å². The second kappa shape index (κ2) is 8.49. The first kappa shape index (κ1) is 19.2. The van der Waals surface area contributed by atoms with Gasteiger partial charge in [-0.3, -0.25) is 4.79 Å². The normalized spacial score (nSPS) is 14.8. The van der Waals surface area contributed by atoms with E-state index in [2.05, 4.69) is 5.32 Å². The Labute approximate surface area is 171 Å². The number of nitrogens with zero attached hydrogens (tertiary/aromatic N) is 3. The van der Waals surface area contributed by atoms with Crippen LogP contribution in [0.2, 0.25) is 0 Å². The first-order chi connectivity index (χ1) is 14.2. The largest absolute Gasteiger partial charge is 0.496 e. The summed E-state index contributed by atoms with van der Waals surface area (Å²) in [5.74, 6) is 0.719. The minimum absolute atomic E-state index is 0.0163. The van der Waals surface area contributed by atoms with Crippen molar-refractivity contribution in [2.45, 2.75) is 18.9 Å². The van der Waals surface area contributed by atoms with Crippen LogP contribution in [0.5, 0.6) is 5.75 Å². The molecule has 6 nitrogen and oxygen atoms in total. The van der Waals surface area contributed by atoms with Crippen LogP contribution in [-0.4, -0.2) is 53.9 Å². The lowest BCUT2D eigenvalue weighted by atomic mass is 10.0. The lowest BCUT2D eigenvalue weighted by Gasteiger charge is -2.31. The highest BCUT2D eigenvalue weighted by molar-refractivity contribution is 6.00. The number of hydrogen-bond donors (Lipinski definition) is 1. The number of methoxy groups -OCH3 is 1. The number of hydrogen-bond acceptors (Lipinski definition) is 4. The SMILES string of the molecule is CNC1CCN(C(=O)c2cn(-c3ccccc3)nc2-c2ccccc2OC)CC1. The zero-order valence-corrected chi connectivity index (χ0v) is 16.8. The van der Waals surface area contributed by atoms with Crippen molar-refractivity contribution in [1.82, 2.24) is 20.0 Å². The molecule has 150 valence electrons. The molecule has 2 aromatic carbocycles. The molecule has 29 heavy (non-hydrogen) atoms. The Bertz CT molecular complexity index is 976. The first-order valence-corrected chi connectivity index (χ1v) is 9.96. The third-order valence-corrected chi connectivity index (χ3v) is 5.52. The van der Waals surface area contributed by atoms with Gasteiger partial charge in [0.2, 0.25) is 0 Å². The van der Waals surface area contributed by atoms with Crippen molar-refractivity contribution in [1.29, 1.82) is 0 Å². The van der Waals surface area contributed by atoms with Crippen molar-refractivity contribution in [3.05, 3.63) is 66.4 Å². The highest BCUT2D eigenvalue weighted by atomic mass is 16.5. The molecule has 0 saturated carbocycles. The van der Waals surface area contributed by atoms with E-state index in [0.29, 0.717) is 23.0 Å². The van der Waals surface area contributed by atoms with Gasteiger partial charge in [0.05, 0.1) is 18.4 Å². The summed E-state index contributed by atoms with van der Waals surface area (Å²) in [7, 11) is 3.61. The summed E-state index contributed by atoms with van der Waals surface area (Å²) in [5, 5.41) is 8.09. The molecule has 3 aromatic rings. The van der Waals surface area contributed by atoms with Crippen LogP contribution in [0.25, 0.3) is 16.9 Å². The minimum Gasteiger partial charge on any atom is -0.496 e. The summed E-state index contributed by atoms with van der Waals surface area (Å²) in [5.41, 5.74) is 2.98. The van der Waals surface area contributed by atoms with Gasteiger partial charge in [0.1, 0.15) is 11.4 Å². The van der Waals surface area contributed by atoms with Crippen molar-refractivity contribution in [2.24, 2.45) is 0 Å². The third kappa shape index (κ3) is 3.89. The molecule has 1 saturated heterocycles. The second-order valence-electron chi connectivity index (χ2n) is 7.23. The Morgan fingerprint density at radius 1 is 1.07 bits per heavy atom. The summed E-state index contributed by atoms with van der Waals surface area (Å²) in [6.45, 7) is 1.48. The minimum atomic E-state index is 0.0163. The van der Waals surface area contributed by atoms with Gasteiger partial charge in [-0.05, 0) is 44.2 Å². The molecule has 0 radical (unpaired) electrons. The molecule has 0 aliphatic carbocycles. The fourth-order valence-corrected chi connectivity index (χ4v) is 3.82. The predicted molar refractivity (Wildman–Crippen MR) is 114 cm³/mol. The summed E-state index contributed by atoms with van der Waals surface area (Å²) in [6.07, 6.45) is 3.75. The van der Waals surface area contributed by atoms with Gasteiger partial charge < -0.3 is 15.0 Å². The Balaban J connectivity index is 1.75. The first-order valence-electron chi connectivity index (χ1n) is 9.96. The Kier molecular flexibility index (Phi) is 5.62. The van der Waals surface area contributed by atoms with E-state index in [9.17, 15) is 4.79 Å². The van der Waals surface area contributed by atoms with E-state index in [0.717, 1.165) is 37.2 Å². The Morgan fingerprint density at radius 3 is 2.45 bits per heavy atom. The van der Waals surface area contributed by atoms with Gasteiger partial charge >= 0.3 is 0 Å². The highest BCUT2D eigenvalue weighted by Gasteiger charge is 2.27. The molecule has 0 unspecified atom stereocenters. The van der Waals surface area contributed by atoms with Gasteiger partial charge in [-0.1, -0.05) is 30.3 Å². The standard InChI is InChI=1S/C23H26N4O2/c1-24-17-12-14-26(15-13-17)23(28)20-16-27(18-8-4-3-5-9-18)25-22(20)19-10-6-7-11-21(19)29-2/h3-11,16-17,24H,12-15H2,1-2H3. The summed E-state index contributed by atoms with van der Waals surface area (Å²) < 4.78 is 7.31. The Morgan fingerprint density at radius 2 is 1.76 bits per heavy atom. The van der Waals surface area contributed by atoms with E-state index >= 15 is 0 Å². The van der Waals surface area contributed by atoms with Crippen LogP contribution in [0.4, 0.5) is 0 Å². The summed E-state index contributed by atoms with van der Waals surface area (Å²) >= 11 is 0. The number of nitrogens with one attached hydrogen (secondary N) is 1. The van der Waals surface area contributed by atoms with Gasteiger partial charge in [-0.25, -0.2) is 4.68 Å². The number of piperidine rings is 1. The molecule has 0 atom stereocenters. The van der Waals surface area contributed by atoms with Crippen LogP contribution in [0, 0.1) is 0 Å². The number of amides is 1. The average molecular weight is 390 g/mol. The number of carbonyl (C=O) groups is 1. The average Bonchev–Trinajstić information content (AvgIpc) is 3.24. The Hall–Kier alpha value is -3.12. The van der Waals surface area contributed by atoms with Gasteiger partial charge in [0.15, 0.2) is 0 Å². The summed E-state index contributed by atoms with van der Waals surface area (Å²) in [6, 6.07) is 18.0. The van der Waals surface area contributed by atoms with Crippen LogP contribution in [0.3, 0.4) is 0 Å². The van der Waals surface area contributed by atoms with Crippen molar-refractivity contribution in [2.75, 3.05) is 27.2 Å². The molecule has 4 rings (SSSR count). The molecule has 2 heterocycles. The molecule has 1 aromatic heterocycles. The molecule has 0 spiro atoms. The van der Waals surface area contributed by atoms with Crippen molar-refractivity contribution >= 4 is 5.91 Å². The monoisotopic (exact) mass is 390 g/mol. The van der Waals surface area contributed by atoms with Crippen LogP contribution in [0.1, 0.15) is 23.2 Å². The van der Waals surface area contributed by atoms with Crippen LogP contribution < -0.4 is 10.1 Å². The van der Waals surface area contributed by atoms with E-state index in [1.165, 1.54) is 0 Å². The molecular weight excluding hydrogens is 364 g/mol. The number of para-hydroxylation sites is 2. The maximum atomic E-state index is 13.4. The van der Waals surface area contributed by atoms with Crippen molar-refractivity contribution < 1.29 is 9.53 Å². The van der Waals surface area contributed by atoms with Crippen LogP contribution >= 0.6 is 0 Å². The van der Waals surface area contributed by atoms with Crippen molar-refractivity contribution in [3.63, 3.8) is 0 Å². The maximum Gasteiger partial charge on any atom is 0.257 e. The topological polar surface area (TPSA) is 59.4 Å². The number of aromatic nitrogens is 2. The smallest absolute Gasteiger partial charge is 0.257 e. The molecule has 1 N–H and O–H groups in total. The highest BCUT2D eigenvalue weighted by Crippen LogP contribution is 2.32. The zero-order chi connectivity index (χ0) is 20.2. The molecule has 1 fully saturated rings. The molecule has 0 bridgehead atoms. The van der Waals surface area contributed by atoms with Gasteiger partial charge in [0.25, 0.3) is 5.91 Å². The fourth-order valence-electron chi connectivity index (χ4n) is 3.82. The van der Waals surface area contributed by atoms with E-state index in [4.69, 9.17) is 9.84 Å². The van der Waals surface area contributed by atoms with Gasteiger partial charge in [-0.2, -0.15) is 5.10 Å². The van der Waals surface area contributed by atoms with E-state index in [-0.39, 0.29) is 5.91 Å². The van der Waals surface area contributed by atoms with E-state index < -0.39 is 0 Å². The van der Waals surface area contributed by atoms with Crippen LogP contribution in [0.15, 0.2) is 60.8 Å². The predicted octanol–water partition coefficient (Wildman–Crippen LogP) is 3.37. The molecular formula is C23H26N4O2. The number of likely N-dealkylation sites (tertiary alicyclic amines) is 1. The molecule has 1 aliphatic heterocycles. The summed E-state index contributed by atoms with van der Waals surface area (Å²) in [4.78, 5) is 15.4. The molecule has 1 aliphatic rings. The fraction of sp³-hybridized carbons (Fsp3) is 0.304. The number of carbonyl (C=O) groups excluding carboxylic acids is 1. The van der Waals surface area contributed by atoms with E-state index in [1.54, 1.807) is 11.8 Å². The maximum absolute atomic E-state index is 13.4. The second-order valence-corrected chi connectivity index (χ2v) is 7.23. The number of rotatable bonds is 5. The van der Waals surface area contributed by atoms with Gasteiger partial charge in [0, 0.05) is 30.9 Å². The zero-order valence-electron chi connectivity index (χ0n) is 16.8. The lowest BCUT2D eigenvalue weighted by molar-refractivity contribution is 0.0708. The number of benzene rings is 2. The van der Waals surface area contributed by atoms with Crippen molar-refractivity contribution in [3.8, 4) is 22.7 Å². The number of ether oxygens (including phenoxy) is 1.